The van der Waals surface area contributed by atoms with Crippen LogP contribution in [0.15, 0.2) is 42.7 Å². The second-order valence-corrected chi connectivity index (χ2v) is 7.77. The molecule has 3 heterocycles. The number of anilines is 1. The minimum Gasteiger partial charge on any atom is -0.368 e. The first-order valence-corrected chi connectivity index (χ1v) is 10.2. The van der Waals surface area contributed by atoms with Crippen molar-refractivity contribution in [3.63, 3.8) is 0 Å². The lowest BCUT2D eigenvalue weighted by molar-refractivity contribution is -0.132. The summed E-state index contributed by atoms with van der Waals surface area (Å²) in [5, 5.41) is 7.72. The van der Waals surface area contributed by atoms with Crippen LogP contribution in [-0.2, 0) is 4.79 Å². The van der Waals surface area contributed by atoms with Gasteiger partial charge in [0.05, 0.1) is 6.20 Å². The van der Waals surface area contributed by atoms with E-state index in [1.165, 1.54) is 0 Å². The summed E-state index contributed by atoms with van der Waals surface area (Å²) < 4.78 is 1.73. The van der Waals surface area contributed by atoms with Crippen molar-refractivity contribution in [1.29, 1.82) is 0 Å². The van der Waals surface area contributed by atoms with Crippen LogP contribution in [0.3, 0.4) is 0 Å². The Hall–Kier alpha value is -3.22. The van der Waals surface area contributed by atoms with E-state index in [0.29, 0.717) is 38.0 Å². The number of Topliss-reactive ketones (excluding diaryl/α,β-unsaturated/α-hetero) is 1. The molecule has 2 aliphatic rings. The van der Waals surface area contributed by atoms with E-state index in [2.05, 4.69) is 10.4 Å². The summed E-state index contributed by atoms with van der Waals surface area (Å²) in [6.07, 6.45) is 6.72. The van der Waals surface area contributed by atoms with Crippen LogP contribution in [-0.4, -0.2) is 50.8 Å². The summed E-state index contributed by atoms with van der Waals surface area (Å²) in [5.41, 5.74) is 3.24. The number of benzene rings is 1. The van der Waals surface area contributed by atoms with E-state index >= 15 is 0 Å². The first-order valence-electron chi connectivity index (χ1n) is 10.2. The number of rotatable bonds is 1. The highest BCUT2D eigenvalue weighted by atomic mass is 16.2. The van der Waals surface area contributed by atoms with Crippen LogP contribution in [0.1, 0.15) is 36.0 Å². The second kappa shape index (κ2) is 7.31. The zero-order valence-corrected chi connectivity index (χ0v) is 16.2. The maximum atomic E-state index is 12.7. The molecule has 5 rings (SSSR count). The number of nitrogens with zero attached hydrogens (tertiary/aromatic N) is 4. The smallest absolute Gasteiger partial charge is 0.225 e. The summed E-state index contributed by atoms with van der Waals surface area (Å²) in [7, 11) is 0. The molecule has 1 saturated carbocycles. The number of fused-ring (bicyclic) bond motifs is 4. The van der Waals surface area contributed by atoms with Crippen LogP contribution in [0.25, 0.3) is 16.8 Å². The number of hydrogen-bond acceptors (Lipinski definition) is 5. The van der Waals surface area contributed by atoms with Crippen molar-refractivity contribution in [2.75, 3.05) is 25.0 Å². The van der Waals surface area contributed by atoms with Gasteiger partial charge in [0.25, 0.3) is 0 Å². The van der Waals surface area contributed by atoms with Gasteiger partial charge in [-0.1, -0.05) is 18.2 Å². The number of aromatic nitrogens is 3. The highest BCUT2D eigenvalue weighted by Crippen LogP contribution is 2.31. The monoisotopic (exact) mass is 389 g/mol. The van der Waals surface area contributed by atoms with E-state index in [0.717, 1.165) is 35.4 Å². The van der Waals surface area contributed by atoms with E-state index in [1.807, 2.05) is 41.4 Å². The maximum absolute atomic E-state index is 12.7. The molecule has 3 aromatic rings. The fourth-order valence-corrected chi connectivity index (χ4v) is 3.85. The van der Waals surface area contributed by atoms with E-state index < -0.39 is 0 Å². The van der Waals surface area contributed by atoms with Gasteiger partial charge in [-0.25, -0.2) is 9.50 Å². The number of carbonyl (C=O) groups excluding carboxylic acids is 2. The largest absolute Gasteiger partial charge is 0.368 e. The molecule has 1 N–H and O–H groups in total. The van der Waals surface area contributed by atoms with Gasteiger partial charge in [-0.3, -0.25) is 9.59 Å². The Morgan fingerprint density at radius 1 is 1.14 bits per heavy atom. The molecule has 4 bridgehead atoms. The molecule has 0 atom stereocenters. The molecule has 1 aromatic carbocycles. The van der Waals surface area contributed by atoms with E-state index in [4.69, 9.17) is 4.98 Å². The average Bonchev–Trinajstić information content (AvgIpc) is 3.51. The van der Waals surface area contributed by atoms with E-state index in [9.17, 15) is 9.59 Å². The first-order chi connectivity index (χ1) is 14.2. The molecule has 148 valence electrons. The molecule has 0 spiro atoms. The van der Waals surface area contributed by atoms with Gasteiger partial charge in [0.15, 0.2) is 11.4 Å². The van der Waals surface area contributed by atoms with Gasteiger partial charge < -0.3 is 10.2 Å². The summed E-state index contributed by atoms with van der Waals surface area (Å²) in [6.45, 7) is 1.84. The predicted octanol–water partition coefficient (Wildman–Crippen LogP) is 3.02. The van der Waals surface area contributed by atoms with Crippen molar-refractivity contribution in [3.8, 4) is 11.1 Å². The first kappa shape index (κ1) is 17.8. The van der Waals surface area contributed by atoms with Crippen molar-refractivity contribution in [2.24, 2.45) is 5.92 Å². The third-order valence-electron chi connectivity index (χ3n) is 5.62. The Morgan fingerprint density at radius 3 is 2.86 bits per heavy atom. The Balaban J connectivity index is 1.51. The van der Waals surface area contributed by atoms with Crippen LogP contribution < -0.4 is 5.32 Å². The lowest BCUT2D eigenvalue weighted by atomic mass is 10.0. The SMILES string of the molecule is O=C1CCCN(C(=O)C2CC2)CCNc2ccn3ncc(c3n2)-c2cccc1c2. The molecule has 2 aromatic heterocycles. The Bertz CT molecular complexity index is 1090. The van der Waals surface area contributed by atoms with Crippen LogP contribution in [0.2, 0.25) is 0 Å². The molecule has 1 amide bonds. The van der Waals surface area contributed by atoms with Crippen LogP contribution in [0.4, 0.5) is 5.82 Å². The highest BCUT2D eigenvalue weighted by Gasteiger charge is 2.33. The zero-order valence-electron chi connectivity index (χ0n) is 16.2. The van der Waals surface area contributed by atoms with Gasteiger partial charge in [0.2, 0.25) is 5.91 Å². The van der Waals surface area contributed by atoms with Crippen LogP contribution >= 0.6 is 0 Å². The molecule has 7 heteroatoms. The van der Waals surface area contributed by atoms with Crippen LogP contribution in [0, 0.1) is 5.92 Å². The molecule has 0 unspecified atom stereocenters. The van der Waals surface area contributed by atoms with Gasteiger partial charge in [0, 0.05) is 49.3 Å². The molecule has 0 radical (unpaired) electrons. The molecule has 7 nitrogen and oxygen atoms in total. The number of ketones is 1. The quantitative estimate of drug-likeness (QED) is 0.692. The van der Waals surface area contributed by atoms with Crippen LogP contribution in [0.5, 0.6) is 0 Å². The molecule has 29 heavy (non-hydrogen) atoms. The summed E-state index contributed by atoms with van der Waals surface area (Å²) in [6, 6.07) is 9.52. The van der Waals surface area contributed by atoms with Gasteiger partial charge in [-0.2, -0.15) is 5.10 Å². The maximum Gasteiger partial charge on any atom is 0.225 e. The predicted molar refractivity (Wildman–Crippen MR) is 110 cm³/mol. The third kappa shape index (κ3) is 3.60. The number of amides is 1. The summed E-state index contributed by atoms with van der Waals surface area (Å²) in [4.78, 5) is 32.0. The van der Waals surface area contributed by atoms with E-state index in [1.54, 1.807) is 10.7 Å². The van der Waals surface area contributed by atoms with Crippen molar-refractivity contribution < 1.29 is 9.59 Å². The Morgan fingerprint density at radius 2 is 2.00 bits per heavy atom. The molecular formula is C22H23N5O2. The van der Waals surface area contributed by atoms with Gasteiger partial charge in [-0.05, 0) is 37.0 Å². The van der Waals surface area contributed by atoms with Crippen molar-refractivity contribution in [1.82, 2.24) is 19.5 Å². The highest BCUT2D eigenvalue weighted by molar-refractivity contribution is 5.97. The minimum atomic E-state index is 0.101. The number of carbonyl (C=O) groups is 2. The van der Waals surface area contributed by atoms with Gasteiger partial charge in [0.1, 0.15) is 5.82 Å². The third-order valence-corrected chi connectivity index (χ3v) is 5.62. The van der Waals surface area contributed by atoms with E-state index in [-0.39, 0.29) is 17.6 Å². The molecule has 0 saturated heterocycles. The fourth-order valence-electron chi connectivity index (χ4n) is 3.85. The normalized spacial score (nSPS) is 17.7. The number of hydrogen-bond donors (Lipinski definition) is 1. The van der Waals surface area contributed by atoms with Gasteiger partial charge in [-0.15, -0.1) is 0 Å². The zero-order chi connectivity index (χ0) is 19.8. The standard InChI is InChI=1S/C22H23N5O2/c28-19-5-2-10-26(22(29)15-6-7-15)12-9-23-20-8-11-27-21(25-20)18(14-24-27)16-3-1-4-17(19)13-16/h1,3-4,8,11,13-15H,2,5-7,9-10,12H2,(H,23,25). The number of nitrogens with one attached hydrogen (secondary N) is 1. The molecule has 1 aliphatic heterocycles. The fraction of sp³-hybridized carbons (Fsp3) is 0.364. The molecular weight excluding hydrogens is 366 g/mol. The van der Waals surface area contributed by atoms with Crippen molar-refractivity contribution in [3.05, 3.63) is 48.3 Å². The minimum absolute atomic E-state index is 0.101. The van der Waals surface area contributed by atoms with Crippen molar-refractivity contribution >= 4 is 23.2 Å². The van der Waals surface area contributed by atoms with Crippen molar-refractivity contribution in [2.45, 2.75) is 25.7 Å². The summed E-state index contributed by atoms with van der Waals surface area (Å²) >= 11 is 0. The Kier molecular flexibility index (Phi) is 4.50. The summed E-state index contributed by atoms with van der Waals surface area (Å²) in [5.74, 6) is 1.24. The Labute approximate surface area is 168 Å². The lowest BCUT2D eigenvalue weighted by Crippen LogP contribution is -2.37. The molecule has 1 fully saturated rings. The van der Waals surface area contributed by atoms with Gasteiger partial charge >= 0.3 is 0 Å². The molecule has 1 aliphatic carbocycles. The lowest BCUT2D eigenvalue weighted by Gasteiger charge is -2.23. The second-order valence-electron chi connectivity index (χ2n) is 7.77. The topological polar surface area (TPSA) is 79.6 Å². The average molecular weight is 389 g/mol.